The maximum Gasteiger partial charge on any atom is 0.223 e. The van der Waals surface area contributed by atoms with Crippen molar-refractivity contribution in [3.63, 3.8) is 0 Å². The summed E-state index contributed by atoms with van der Waals surface area (Å²) < 4.78 is 5.84. The third kappa shape index (κ3) is 5.36. The van der Waals surface area contributed by atoms with Gasteiger partial charge in [-0.05, 0) is 42.3 Å². The van der Waals surface area contributed by atoms with Crippen LogP contribution in [0.1, 0.15) is 18.2 Å². The van der Waals surface area contributed by atoms with Crippen molar-refractivity contribution in [2.45, 2.75) is 24.3 Å². The number of nitrogens with zero attached hydrogens (tertiary/aromatic N) is 2. The molecule has 0 unspecified atom stereocenters. The molecule has 0 aliphatic carbocycles. The first kappa shape index (κ1) is 18.1. The van der Waals surface area contributed by atoms with Crippen molar-refractivity contribution >= 4 is 35.0 Å². The normalized spacial score (nSPS) is 10.7. The summed E-state index contributed by atoms with van der Waals surface area (Å²) in [7, 11) is 0. The Morgan fingerprint density at radius 2 is 1.72 bits per heavy atom. The summed E-state index contributed by atoms with van der Waals surface area (Å²) in [6.45, 7) is 2.05. The molecule has 0 bridgehead atoms. The Hall–Kier alpha value is -1.75. The van der Waals surface area contributed by atoms with Gasteiger partial charge in [0.1, 0.15) is 5.75 Å². The molecule has 0 aliphatic heterocycles. The maximum atomic E-state index is 6.03. The zero-order valence-corrected chi connectivity index (χ0v) is 15.9. The highest BCUT2D eigenvalue weighted by atomic mass is 35.5. The number of hydrogen-bond donors (Lipinski definition) is 0. The van der Waals surface area contributed by atoms with Crippen LogP contribution >= 0.6 is 35.0 Å². The van der Waals surface area contributed by atoms with E-state index in [9.17, 15) is 0 Å². The number of aromatic nitrogens is 2. The molecule has 0 aliphatic rings. The Balaban J connectivity index is 1.77. The second-order valence-electron chi connectivity index (χ2n) is 5.31. The molecule has 1 heterocycles. The Morgan fingerprint density at radius 1 is 0.960 bits per heavy atom. The fourth-order valence-electron chi connectivity index (χ4n) is 2.17. The van der Waals surface area contributed by atoms with Crippen LogP contribution in [-0.2, 0) is 12.2 Å². The van der Waals surface area contributed by atoms with Gasteiger partial charge >= 0.3 is 0 Å². The highest BCUT2D eigenvalue weighted by Crippen LogP contribution is 2.27. The molecular formula is C19H16Cl2N2OS. The lowest BCUT2D eigenvalue weighted by molar-refractivity contribution is 0.454. The van der Waals surface area contributed by atoms with Crippen LogP contribution < -0.4 is 4.74 Å². The number of aryl methyl sites for hydroxylation is 1. The van der Waals surface area contributed by atoms with E-state index in [2.05, 4.69) is 16.9 Å². The molecule has 0 N–H and O–H groups in total. The number of halogens is 2. The molecule has 0 saturated carbocycles. The minimum Gasteiger partial charge on any atom is -0.439 e. The monoisotopic (exact) mass is 390 g/mol. The predicted molar refractivity (Wildman–Crippen MR) is 104 cm³/mol. The Morgan fingerprint density at radius 3 is 2.44 bits per heavy atom. The molecule has 3 nitrogen and oxygen atoms in total. The minimum absolute atomic E-state index is 0.516. The van der Waals surface area contributed by atoms with Crippen LogP contribution in [0.2, 0.25) is 10.0 Å². The van der Waals surface area contributed by atoms with Crippen LogP contribution in [0.3, 0.4) is 0 Å². The predicted octanol–water partition coefficient (Wildman–Crippen LogP) is 6.43. The van der Waals surface area contributed by atoms with E-state index in [-0.39, 0.29) is 0 Å². The molecule has 0 amide bonds. The van der Waals surface area contributed by atoms with Crippen molar-refractivity contribution in [1.82, 2.24) is 9.97 Å². The van der Waals surface area contributed by atoms with Gasteiger partial charge in [-0.15, -0.1) is 0 Å². The van der Waals surface area contributed by atoms with Crippen molar-refractivity contribution in [3.8, 4) is 11.6 Å². The molecule has 1 aromatic heterocycles. The molecule has 0 fully saturated rings. The van der Waals surface area contributed by atoms with Gasteiger partial charge in [0.2, 0.25) is 5.88 Å². The first-order valence-electron chi connectivity index (χ1n) is 7.81. The standard InChI is InChI=1S/C19H16Cl2N2OS/c1-2-16-11-18(24-17-8-4-7-15(21)10-17)23-19(22-16)25-12-13-5-3-6-14(20)9-13/h3-11H,2,12H2,1H3. The van der Waals surface area contributed by atoms with Gasteiger partial charge in [0, 0.05) is 27.6 Å². The van der Waals surface area contributed by atoms with Crippen LogP contribution in [0.15, 0.2) is 59.8 Å². The summed E-state index contributed by atoms with van der Waals surface area (Å²) in [5.74, 6) is 1.91. The lowest BCUT2D eigenvalue weighted by atomic mass is 10.2. The van der Waals surface area contributed by atoms with Crippen molar-refractivity contribution < 1.29 is 4.74 Å². The van der Waals surface area contributed by atoms with Gasteiger partial charge in [-0.1, -0.05) is 60.1 Å². The van der Waals surface area contributed by atoms with E-state index in [1.165, 1.54) is 0 Å². The van der Waals surface area contributed by atoms with Gasteiger partial charge in [0.05, 0.1) is 0 Å². The van der Waals surface area contributed by atoms with Crippen LogP contribution in [0, 0.1) is 0 Å². The third-order valence-electron chi connectivity index (χ3n) is 3.37. The molecule has 3 rings (SSSR count). The first-order chi connectivity index (χ1) is 12.1. The van der Waals surface area contributed by atoms with Crippen LogP contribution in [0.5, 0.6) is 11.6 Å². The van der Waals surface area contributed by atoms with E-state index in [0.29, 0.717) is 21.8 Å². The molecule has 0 saturated heterocycles. The minimum atomic E-state index is 0.516. The highest BCUT2D eigenvalue weighted by Gasteiger charge is 2.08. The van der Waals surface area contributed by atoms with E-state index < -0.39 is 0 Å². The Kier molecular flexibility index (Phi) is 6.19. The topological polar surface area (TPSA) is 35.0 Å². The molecule has 0 spiro atoms. The SMILES string of the molecule is CCc1cc(Oc2cccc(Cl)c2)nc(SCc2cccc(Cl)c2)n1. The lowest BCUT2D eigenvalue weighted by Crippen LogP contribution is -1.97. The van der Waals surface area contributed by atoms with E-state index >= 15 is 0 Å². The number of rotatable bonds is 6. The third-order valence-corrected chi connectivity index (χ3v) is 4.76. The number of thioether (sulfide) groups is 1. The van der Waals surface area contributed by atoms with E-state index in [0.717, 1.165) is 28.5 Å². The second-order valence-corrected chi connectivity index (χ2v) is 7.13. The molecule has 128 valence electrons. The van der Waals surface area contributed by atoms with Gasteiger partial charge in [0.15, 0.2) is 5.16 Å². The Bertz CT molecular complexity index is 874. The lowest BCUT2D eigenvalue weighted by Gasteiger charge is -2.09. The molecule has 0 radical (unpaired) electrons. The van der Waals surface area contributed by atoms with Gasteiger partial charge in [-0.3, -0.25) is 0 Å². The van der Waals surface area contributed by atoms with Crippen molar-refractivity contribution in [3.05, 3.63) is 75.9 Å². The number of ether oxygens (including phenoxy) is 1. The highest BCUT2D eigenvalue weighted by molar-refractivity contribution is 7.98. The molecular weight excluding hydrogens is 375 g/mol. The summed E-state index contributed by atoms with van der Waals surface area (Å²) in [6, 6.07) is 16.9. The van der Waals surface area contributed by atoms with Gasteiger partial charge < -0.3 is 4.74 Å². The summed E-state index contributed by atoms with van der Waals surface area (Å²) in [5.41, 5.74) is 2.06. The Labute approximate surface area is 161 Å². The van der Waals surface area contributed by atoms with Gasteiger partial charge in [0.25, 0.3) is 0 Å². The van der Waals surface area contributed by atoms with Crippen LogP contribution in [0.25, 0.3) is 0 Å². The molecule has 25 heavy (non-hydrogen) atoms. The number of benzene rings is 2. The molecule has 3 aromatic rings. The largest absolute Gasteiger partial charge is 0.439 e. The average molecular weight is 391 g/mol. The maximum absolute atomic E-state index is 6.03. The summed E-state index contributed by atoms with van der Waals surface area (Å²) >= 11 is 13.6. The summed E-state index contributed by atoms with van der Waals surface area (Å²) in [4.78, 5) is 9.06. The molecule has 0 atom stereocenters. The fourth-order valence-corrected chi connectivity index (χ4v) is 3.38. The van der Waals surface area contributed by atoms with Crippen LogP contribution in [0.4, 0.5) is 0 Å². The zero-order chi connectivity index (χ0) is 17.6. The first-order valence-corrected chi connectivity index (χ1v) is 9.55. The van der Waals surface area contributed by atoms with E-state index in [1.807, 2.05) is 42.5 Å². The fraction of sp³-hybridized carbons (Fsp3) is 0.158. The zero-order valence-electron chi connectivity index (χ0n) is 13.6. The van der Waals surface area contributed by atoms with E-state index in [1.54, 1.807) is 23.9 Å². The van der Waals surface area contributed by atoms with Crippen molar-refractivity contribution in [2.75, 3.05) is 0 Å². The van der Waals surface area contributed by atoms with Gasteiger partial charge in [-0.25, -0.2) is 4.98 Å². The quantitative estimate of drug-likeness (QED) is 0.358. The van der Waals surface area contributed by atoms with Crippen molar-refractivity contribution in [2.24, 2.45) is 0 Å². The molecule has 6 heteroatoms. The second kappa shape index (κ2) is 8.56. The number of hydrogen-bond acceptors (Lipinski definition) is 4. The smallest absolute Gasteiger partial charge is 0.223 e. The summed E-state index contributed by atoms with van der Waals surface area (Å²) in [6.07, 6.45) is 0.805. The average Bonchev–Trinajstić information content (AvgIpc) is 2.60. The van der Waals surface area contributed by atoms with Crippen LogP contribution in [-0.4, -0.2) is 9.97 Å². The van der Waals surface area contributed by atoms with Gasteiger partial charge in [-0.2, -0.15) is 4.98 Å². The van der Waals surface area contributed by atoms with E-state index in [4.69, 9.17) is 27.9 Å². The summed E-state index contributed by atoms with van der Waals surface area (Å²) in [5, 5.41) is 2.03. The van der Waals surface area contributed by atoms with Crippen molar-refractivity contribution in [1.29, 1.82) is 0 Å². The molecule has 2 aromatic carbocycles.